The van der Waals surface area contributed by atoms with Gasteiger partial charge in [-0.25, -0.2) is 0 Å². The molecule has 3 amide bonds. The van der Waals surface area contributed by atoms with Crippen molar-refractivity contribution in [2.24, 2.45) is 5.92 Å². The van der Waals surface area contributed by atoms with E-state index in [1.807, 2.05) is 79.4 Å². The van der Waals surface area contributed by atoms with E-state index in [9.17, 15) is 14.4 Å². The van der Waals surface area contributed by atoms with Crippen molar-refractivity contribution in [3.63, 3.8) is 0 Å². The molecule has 0 aliphatic carbocycles. The summed E-state index contributed by atoms with van der Waals surface area (Å²) >= 11 is 0. The normalized spacial score (nSPS) is 12.3. The summed E-state index contributed by atoms with van der Waals surface area (Å²) in [7, 11) is 0. The molecule has 0 bridgehead atoms. The summed E-state index contributed by atoms with van der Waals surface area (Å²) in [6.07, 6.45) is 2.66. The van der Waals surface area contributed by atoms with Gasteiger partial charge in [0.05, 0.1) is 0 Å². The highest BCUT2D eigenvalue weighted by Gasteiger charge is 2.23. The second-order valence-electron chi connectivity index (χ2n) is 9.52. The lowest BCUT2D eigenvalue weighted by Gasteiger charge is -2.23. The predicted molar refractivity (Wildman–Crippen MR) is 153 cm³/mol. The minimum atomic E-state index is -0.575. The average molecular weight is 513 g/mol. The summed E-state index contributed by atoms with van der Waals surface area (Å²) in [5.74, 6) is -1.13. The highest BCUT2D eigenvalue weighted by Crippen LogP contribution is 2.16. The second-order valence-corrected chi connectivity index (χ2v) is 9.52. The first kappa shape index (κ1) is 28.6. The van der Waals surface area contributed by atoms with E-state index in [2.05, 4.69) is 17.6 Å². The molecule has 0 spiro atoms. The molecule has 0 heterocycles. The van der Waals surface area contributed by atoms with Gasteiger partial charge in [0.15, 0.2) is 0 Å². The Bertz CT molecular complexity index is 1170. The molecule has 1 unspecified atom stereocenters. The van der Waals surface area contributed by atoms with Crippen LogP contribution in [-0.4, -0.2) is 41.8 Å². The van der Waals surface area contributed by atoms with Crippen LogP contribution in [0, 0.1) is 12.8 Å². The predicted octanol–water partition coefficient (Wildman–Crippen LogP) is 5.77. The van der Waals surface area contributed by atoms with Gasteiger partial charge >= 0.3 is 0 Å². The lowest BCUT2D eigenvalue weighted by Crippen LogP contribution is -2.39. The summed E-state index contributed by atoms with van der Waals surface area (Å²) in [5, 5.41) is 5.98. The zero-order valence-electron chi connectivity index (χ0n) is 22.4. The van der Waals surface area contributed by atoms with Crippen LogP contribution in [-0.2, 0) is 11.2 Å². The first-order valence-corrected chi connectivity index (χ1v) is 13.3. The summed E-state index contributed by atoms with van der Waals surface area (Å²) in [5.41, 5.74) is 2.66. The fourth-order valence-corrected chi connectivity index (χ4v) is 4.41. The van der Waals surface area contributed by atoms with Crippen LogP contribution in [0.4, 0.5) is 5.69 Å². The van der Waals surface area contributed by atoms with Gasteiger partial charge < -0.3 is 15.5 Å². The van der Waals surface area contributed by atoms with Crippen LogP contribution in [0.25, 0.3) is 0 Å². The van der Waals surface area contributed by atoms with Crippen LogP contribution in [0.15, 0.2) is 84.9 Å². The summed E-state index contributed by atoms with van der Waals surface area (Å²) in [6.45, 7) is 9.52. The average Bonchev–Trinajstić information content (AvgIpc) is 2.93. The fraction of sp³-hybridized carbons (Fsp3) is 0.312. The Morgan fingerprint density at radius 3 is 2.05 bits per heavy atom. The van der Waals surface area contributed by atoms with Gasteiger partial charge in [0.1, 0.15) is 0 Å². The van der Waals surface area contributed by atoms with Crippen LogP contribution in [0.3, 0.4) is 0 Å². The van der Waals surface area contributed by atoms with E-state index < -0.39 is 5.92 Å². The van der Waals surface area contributed by atoms with Gasteiger partial charge in [-0.1, -0.05) is 68.4 Å². The monoisotopic (exact) mass is 512 g/mol. The van der Waals surface area contributed by atoms with E-state index in [0.717, 1.165) is 18.4 Å². The Kier molecular flexibility index (Phi) is 11.1. The number of hydrogen-bond donors (Lipinski definition) is 2. The van der Waals surface area contributed by atoms with Gasteiger partial charge in [-0.3, -0.25) is 14.4 Å². The van der Waals surface area contributed by atoms with Crippen molar-refractivity contribution in [1.29, 1.82) is 0 Å². The molecule has 6 nitrogen and oxygen atoms in total. The van der Waals surface area contributed by atoms with Crippen molar-refractivity contribution in [2.45, 2.75) is 45.6 Å². The largest absolute Gasteiger partial charge is 0.349 e. The fourth-order valence-electron chi connectivity index (χ4n) is 4.41. The van der Waals surface area contributed by atoms with Crippen molar-refractivity contribution in [3.8, 4) is 0 Å². The van der Waals surface area contributed by atoms with Crippen molar-refractivity contribution in [1.82, 2.24) is 10.2 Å². The first-order valence-electron chi connectivity index (χ1n) is 13.3. The number of para-hydroxylation sites is 1. The third-order valence-electron chi connectivity index (χ3n) is 6.29. The molecular formula is C32H38N3O3. The Labute approximate surface area is 226 Å². The number of nitrogens with zero attached hydrogens (tertiary/aromatic N) is 1. The van der Waals surface area contributed by atoms with E-state index in [4.69, 9.17) is 0 Å². The smallest absolute Gasteiger partial charge is 0.253 e. The minimum absolute atomic E-state index is 0.0698. The van der Waals surface area contributed by atoms with Gasteiger partial charge in [0.25, 0.3) is 11.8 Å². The standard InChI is InChI=1S/C32H38N3O3/c1-4-19-35(20-5-2)32(38)27-16-12-15-26(23-27)31(37)34-29(22-25-13-8-6-9-14-25)21-24(3)30(36)33-28-17-10-7-11-18-28/h6-18,23-24,29H,3-5,19-22H2,1-2H3,(H,33,36)(H,34,37)/t24?,29-/m1/s1. The lowest BCUT2D eigenvalue weighted by molar-refractivity contribution is -0.119. The molecule has 3 aromatic rings. The molecule has 6 heteroatoms. The topological polar surface area (TPSA) is 78.5 Å². The van der Waals surface area contributed by atoms with Crippen molar-refractivity contribution >= 4 is 23.4 Å². The number of benzene rings is 3. The third-order valence-corrected chi connectivity index (χ3v) is 6.29. The van der Waals surface area contributed by atoms with Crippen molar-refractivity contribution in [3.05, 3.63) is 109 Å². The van der Waals surface area contributed by atoms with Gasteiger partial charge in [-0.15, -0.1) is 0 Å². The molecule has 2 N–H and O–H groups in total. The Morgan fingerprint density at radius 1 is 0.816 bits per heavy atom. The maximum absolute atomic E-state index is 13.3. The molecule has 2 atom stereocenters. The highest BCUT2D eigenvalue weighted by molar-refractivity contribution is 6.00. The number of hydrogen-bond acceptors (Lipinski definition) is 3. The maximum Gasteiger partial charge on any atom is 0.253 e. The van der Waals surface area contributed by atoms with Gasteiger partial charge in [0.2, 0.25) is 5.91 Å². The first-order chi connectivity index (χ1) is 18.4. The third kappa shape index (κ3) is 8.58. The number of amides is 3. The Hall–Kier alpha value is -3.93. The maximum atomic E-state index is 13.3. The number of carbonyl (C=O) groups is 3. The number of rotatable bonds is 13. The minimum Gasteiger partial charge on any atom is -0.349 e. The highest BCUT2D eigenvalue weighted by atomic mass is 16.2. The van der Waals surface area contributed by atoms with E-state index >= 15 is 0 Å². The number of anilines is 1. The van der Waals surface area contributed by atoms with Crippen LogP contribution < -0.4 is 10.6 Å². The zero-order chi connectivity index (χ0) is 27.3. The molecular weight excluding hydrogens is 474 g/mol. The molecule has 199 valence electrons. The molecule has 0 aliphatic heterocycles. The van der Waals surface area contributed by atoms with Gasteiger partial charge in [0, 0.05) is 41.9 Å². The van der Waals surface area contributed by atoms with Crippen LogP contribution in [0.2, 0.25) is 0 Å². The molecule has 3 rings (SSSR count). The van der Waals surface area contributed by atoms with E-state index in [0.29, 0.717) is 42.7 Å². The Balaban J connectivity index is 1.74. The number of carbonyl (C=O) groups excluding carboxylic acids is 3. The molecule has 0 saturated heterocycles. The van der Waals surface area contributed by atoms with Gasteiger partial charge in [-0.05, 0) is 68.5 Å². The van der Waals surface area contributed by atoms with E-state index in [1.54, 1.807) is 24.3 Å². The summed E-state index contributed by atoms with van der Waals surface area (Å²) in [4.78, 5) is 41.0. The lowest BCUT2D eigenvalue weighted by atomic mass is 9.95. The molecule has 0 saturated carbocycles. The SMILES string of the molecule is [CH2]C(C[C@H](Cc1ccccc1)NC(=O)c1cccc(C(=O)N(CCC)CCC)c1)C(=O)Nc1ccccc1. The van der Waals surface area contributed by atoms with Gasteiger partial charge in [-0.2, -0.15) is 0 Å². The molecule has 3 aromatic carbocycles. The summed E-state index contributed by atoms with van der Waals surface area (Å²) in [6, 6.07) is 25.6. The quantitative estimate of drug-likeness (QED) is 0.305. The van der Waals surface area contributed by atoms with Crippen LogP contribution in [0.1, 0.15) is 59.4 Å². The summed E-state index contributed by atoms with van der Waals surface area (Å²) < 4.78 is 0. The molecule has 1 radical (unpaired) electrons. The molecule has 0 fully saturated rings. The number of nitrogens with one attached hydrogen (secondary N) is 2. The van der Waals surface area contributed by atoms with Crippen LogP contribution >= 0.6 is 0 Å². The van der Waals surface area contributed by atoms with Crippen LogP contribution in [0.5, 0.6) is 0 Å². The molecule has 0 aromatic heterocycles. The van der Waals surface area contributed by atoms with E-state index in [1.165, 1.54) is 0 Å². The van der Waals surface area contributed by atoms with Crippen molar-refractivity contribution < 1.29 is 14.4 Å². The molecule has 38 heavy (non-hydrogen) atoms. The zero-order valence-corrected chi connectivity index (χ0v) is 22.4. The second kappa shape index (κ2) is 14.7. The van der Waals surface area contributed by atoms with Crippen molar-refractivity contribution in [2.75, 3.05) is 18.4 Å². The van der Waals surface area contributed by atoms with E-state index in [-0.39, 0.29) is 23.8 Å². The molecule has 0 aliphatic rings. The Morgan fingerprint density at radius 2 is 1.42 bits per heavy atom.